The molecule has 2 aromatic carbocycles. The summed E-state index contributed by atoms with van der Waals surface area (Å²) in [5, 5.41) is 5.69. The average Bonchev–Trinajstić information content (AvgIpc) is 2.50. The fourth-order valence-corrected chi connectivity index (χ4v) is 2.37. The second-order valence-corrected chi connectivity index (χ2v) is 6.19. The Hall–Kier alpha value is -2.82. The first kappa shape index (κ1) is 17.5. The van der Waals surface area contributed by atoms with Gasteiger partial charge in [-0.2, -0.15) is 0 Å². The summed E-state index contributed by atoms with van der Waals surface area (Å²) >= 11 is 0. The molecule has 0 saturated carbocycles. The molecule has 5 nitrogen and oxygen atoms in total. The van der Waals surface area contributed by atoms with Crippen LogP contribution in [-0.2, 0) is 0 Å². The fraction of sp³-hybridized carbons (Fsp3) is 0.263. The average molecular weight is 325 g/mol. The Morgan fingerprint density at radius 1 is 0.917 bits per heavy atom. The summed E-state index contributed by atoms with van der Waals surface area (Å²) in [5.74, 6) is -0.405. The summed E-state index contributed by atoms with van der Waals surface area (Å²) in [7, 11) is 0. The number of aryl methyl sites for hydroxylation is 2. The van der Waals surface area contributed by atoms with Gasteiger partial charge in [-0.3, -0.25) is 9.59 Å². The van der Waals surface area contributed by atoms with Crippen molar-refractivity contribution in [2.75, 3.05) is 11.1 Å². The van der Waals surface area contributed by atoms with Gasteiger partial charge in [-0.15, -0.1) is 0 Å². The molecule has 4 N–H and O–H groups in total. The number of nitrogens with one attached hydrogen (secondary N) is 2. The summed E-state index contributed by atoms with van der Waals surface area (Å²) < 4.78 is 0. The van der Waals surface area contributed by atoms with Gasteiger partial charge >= 0.3 is 0 Å². The Labute approximate surface area is 142 Å². The molecular weight excluding hydrogens is 302 g/mol. The highest BCUT2D eigenvalue weighted by molar-refractivity contribution is 6.06. The van der Waals surface area contributed by atoms with Gasteiger partial charge < -0.3 is 16.4 Å². The number of nitrogens with two attached hydrogens (primary N) is 1. The molecule has 24 heavy (non-hydrogen) atoms. The first-order valence-electron chi connectivity index (χ1n) is 7.87. The molecule has 0 aliphatic heterocycles. The van der Waals surface area contributed by atoms with E-state index >= 15 is 0 Å². The van der Waals surface area contributed by atoms with E-state index in [0.717, 1.165) is 11.1 Å². The molecule has 0 heterocycles. The highest BCUT2D eigenvalue weighted by Crippen LogP contribution is 2.18. The van der Waals surface area contributed by atoms with Gasteiger partial charge in [-0.05, 0) is 63.1 Å². The zero-order chi connectivity index (χ0) is 17.9. The van der Waals surface area contributed by atoms with Gasteiger partial charge in [0.2, 0.25) is 0 Å². The molecule has 0 radical (unpaired) electrons. The van der Waals surface area contributed by atoms with E-state index in [4.69, 9.17) is 5.73 Å². The summed E-state index contributed by atoms with van der Waals surface area (Å²) in [4.78, 5) is 24.7. The van der Waals surface area contributed by atoms with Crippen molar-refractivity contribution in [2.24, 2.45) is 0 Å². The summed E-state index contributed by atoms with van der Waals surface area (Å²) in [6, 6.07) is 10.5. The van der Waals surface area contributed by atoms with Crippen LogP contribution < -0.4 is 16.4 Å². The third-order valence-electron chi connectivity index (χ3n) is 3.67. The lowest BCUT2D eigenvalue weighted by Crippen LogP contribution is -2.30. The van der Waals surface area contributed by atoms with Crippen molar-refractivity contribution in [1.29, 1.82) is 0 Å². The molecule has 0 spiro atoms. The first-order chi connectivity index (χ1) is 11.3. The van der Waals surface area contributed by atoms with Gasteiger partial charge in [-0.1, -0.05) is 12.1 Å². The molecule has 0 aliphatic carbocycles. The smallest absolute Gasteiger partial charge is 0.256 e. The Bertz CT molecular complexity index is 782. The monoisotopic (exact) mass is 325 g/mol. The number of carbonyl (C=O) groups excluding carboxylic acids is 2. The number of nitrogen functional groups attached to an aromatic ring is 1. The minimum atomic E-state index is -0.251. The fourth-order valence-electron chi connectivity index (χ4n) is 2.37. The summed E-state index contributed by atoms with van der Waals surface area (Å²) in [6.07, 6.45) is 0. The maximum absolute atomic E-state index is 12.5. The molecule has 0 bridgehead atoms. The van der Waals surface area contributed by atoms with Crippen molar-refractivity contribution in [3.8, 4) is 0 Å². The van der Waals surface area contributed by atoms with Gasteiger partial charge in [0.1, 0.15) is 0 Å². The number of benzene rings is 2. The summed E-state index contributed by atoms with van der Waals surface area (Å²) in [5.41, 5.74) is 9.62. The van der Waals surface area contributed by atoms with E-state index < -0.39 is 0 Å². The molecular formula is C19H23N3O2. The van der Waals surface area contributed by atoms with Crippen LogP contribution in [0.15, 0.2) is 36.4 Å². The van der Waals surface area contributed by atoms with Gasteiger partial charge in [0.15, 0.2) is 0 Å². The topological polar surface area (TPSA) is 84.2 Å². The molecule has 2 amide bonds. The van der Waals surface area contributed by atoms with Gasteiger partial charge in [0, 0.05) is 28.5 Å². The minimum absolute atomic E-state index is 0.0464. The molecule has 2 aromatic rings. The SMILES string of the molecule is Cc1ccc(N)cc1C(=O)Nc1ccc(C)c(C(=O)NC(C)C)c1. The zero-order valence-electron chi connectivity index (χ0n) is 14.4. The molecule has 0 fully saturated rings. The molecule has 2 rings (SSSR count). The van der Waals surface area contributed by atoms with Crippen LogP contribution in [0.3, 0.4) is 0 Å². The number of rotatable bonds is 4. The molecule has 5 heteroatoms. The van der Waals surface area contributed by atoms with Crippen molar-refractivity contribution in [3.05, 3.63) is 58.7 Å². The molecule has 0 saturated heterocycles. The van der Waals surface area contributed by atoms with Crippen LogP contribution in [0.2, 0.25) is 0 Å². The second kappa shape index (κ2) is 7.17. The van der Waals surface area contributed by atoms with Crippen LogP contribution in [0.5, 0.6) is 0 Å². The zero-order valence-corrected chi connectivity index (χ0v) is 14.4. The van der Waals surface area contributed by atoms with E-state index in [1.165, 1.54) is 0 Å². The van der Waals surface area contributed by atoms with Gasteiger partial charge in [0.05, 0.1) is 0 Å². The number of hydrogen-bond acceptors (Lipinski definition) is 3. The molecule has 126 valence electrons. The van der Waals surface area contributed by atoms with Crippen LogP contribution in [0, 0.1) is 13.8 Å². The van der Waals surface area contributed by atoms with Crippen LogP contribution >= 0.6 is 0 Å². The standard InChI is InChI=1S/C19H23N3O2/c1-11(2)21-18(23)17-10-15(8-6-13(17)4)22-19(24)16-9-14(20)7-5-12(16)3/h5-11H,20H2,1-4H3,(H,21,23)(H,22,24). The lowest BCUT2D eigenvalue weighted by molar-refractivity contribution is 0.0941. The Morgan fingerprint density at radius 3 is 2.12 bits per heavy atom. The van der Waals surface area contributed by atoms with Crippen molar-refractivity contribution < 1.29 is 9.59 Å². The second-order valence-electron chi connectivity index (χ2n) is 6.19. The van der Waals surface area contributed by atoms with E-state index in [1.54, 1.807) is 30.3 Å². The van der Waals surface area contributed by atoms with E-state index in [0.29, 0.717) is 22.5 Å². The molecule has 0 aromatic heterocycles. The highest BCUT2D eigenvalue weighted by atomic mass is 16.2. The third kappa shape index (κ3) is 4.13. The van der Waals surface area contributed by atoms with Gasteiger partial charge in [-0.25, -0.2) is 0 Å². The maximum Gasteiger partial charge on any atom is 0.256 e. The Morgan fingerprint density at radius 2 is 1.50 bits per heavy atom. The van der Waals surface area contributed by atoms with E-state index in [2.05, 4.69) is 10.6 Å². The number of anilines is 2. The Kier molecular flexibility index (Phi) is 5.24. The maximum atomic E-state index is 12.5. The van der Waals surface area contributed by atoms with Crippen molar-refractivity contribution in [3.63, 3.8) is 0 Å². The number of carbonyl (C=O) groups is 2. The molecule has 0 unspecified atom stereocenters. The number of hydrogen-bond donors (Lipinski definition) is 3. The summed E-state index contributed by atoms with van der Waals surface area (Å²) in [6.45, 7) is 7.52. The third-order valence-corrected chi connectivity index (χ3v) is 3.67. The first-order valence-corrected chi connectivity index (χ1v) is 7.87. The molecule has 0 atom stereocenters. The lowest BCUT2D eigenvalue weighted by Gasteiger charge is -2.13. The van der Waals surface area contributed by atoms with Crippen molar-refractivity contribution >= 4 is 23.2 Å². The predicted octanol–water partition coefficient (Wildman–Crippen LogP) is 3.28. The van der Waals surface area contributed by atoms with E-state index in [9.17, 15) is 9.59 Å². The van der Waals surface area contributed by atoms with E-state index in [1.807, 2.05) is 33.8 Å². The quantitative estimate of drug-likeness (QED) is 0.754. The predicted molar refractivity (Wildman–Crippen MR) is 97.3 cm³/mol. The number of amides is 2. The Balaban J connectivity index is 2.25. The van der Waals surface area contributed by atoms with Gasteiger partial charge in [0.25, 0.3) is 11.8 Å². The van der Waals surface area contributed by atoms with Crippen LogP contribution in [0.4, 0.5) is 11.4 Å². The van der Waals surface area contributed by atoms with Crippen molar-refractivity contribution in [2.45, 2.75) is 33.7 Å². The van der Waals surface area contributed by atoms with Crippen LogP contribution in [0.25, 0.3) is 0 Å². The van der Waals surface area contributed by atoms with Crippen molar-refractivity contribution in [1.82, 2.24) is 5.32 Å². The lowest BCUT2D eigenvalue weighted by atomic mass is 10.1. The highest BCUT2D eigenvalue weighted by Gasteiger charge is 2.14. The van der Waals surface area contributed by atoms with Crippen LogP contribution in [0.1, 0.15) is 45.7 Å². The largest absolute Gasteiger partial charge is 0.399 e. The minimum Gasteiger partial charge on any atom is -0.399 e. The van der Waals surface area contributed by atoms with Crippen LogP contribution in [-0.4, -0.2) is 17.9 Å². The van der Waals surface area contributed by atoms with E-state index in [-0.39, 0.29) is 17.9 Å². The molecule has 0 aliphatic rings. The normalized spacial score (nSPS) is 10.5.